The molecule has 0 aliphatic carbocycles. The molecule has 0 heterocycles. The monoisotopic (exact) mass is 523 g/mol. The maximum atomic E-state index is 14.0. The number of nitrogens with zero attached hydrogens (tertiary/aromatic N) is 1. The number of nitrogens with one attached hydrogen (secondary N) is 2. The molecule has 0 fully saturated rings. The summed E-state index contributed by atoms with van der Waals surface area (Å²) in [7, 11) is 1.24. The number of hydrogen-bond acceptors (Lipinski definition) is 7. The molecule has 0 spiro atoms. The number of rotatable bonds is 11. The van der Waals surface area contributed by atoms with Gasteiger partial charge in [0.2, 0.25) is 11.8 Å². The summed E-state index contributed by atoms with van der Waals surface area (Å²) in [6.45, 7) is 12.3. The number of carbonyl (C=O) groups is 4. The molecule has 1 rings (SSSR count). The summed E-state index contributed by atoms with van der Waals surface area (Å²) in [5.74, 6) is -0.914. The Morgan fingerprint density at radius 1 is 1.08 bits per heavy atom. The van der Waals surface area contributed by atoms with Crippen LogP contribution in [-0.2, 0) is 23.9 Å². The van der Waals surface area contributed by atoms with Crippen LogP contribution in [0.25, 0.3) is 0 Å². The minimum Gasteiger partial charge on any atom is -0.468 e. The molecule has 2 N–H and O–H groups in total. The van der Waals surface area contributed by atoms with Crippen LogP contribution in [0.15, 0.2) is 18.2 Å². The Morgan fingerprint density at radius 2 is 1.67 bits per heavy atom. The highest BCUT2D eigenvalue weighted by molar-refractivity contribution is 7.98. The lowest BCUT2D eigenvalue weighted by molar-refractivity contribution is -0.146. The summed E-state index contributed by atoms with van der Waals surface area (Å²) < 4.78 is 10.0. The van der Waals surface area contributed by atoms with Gasteiger partial charge >= 0.3 is 12.1 Å². The number of esters is 1. The maximum Gasteiger partial charge on any atom is 0.408 e. The van der Waals surface area contributed by atoms with Crippen LogP contribution in [0, 0.1) is 13.8 Å². The fourth-order valence-electron chi connectivity index (χ4n) is 3.79. The molecule has 0 saturated heterocycles. The number of carbonyl (C=O) groups excluding carboxylic acids is 4. The van der Waals surface area contributed by atoms with Gasteiger partial charge in [-0.25, -0.2) is 4.79 Å². The summed E-state index contributed by atoms with van der Waals surface area (Å²) in [6.07, 6.45) is 1.56. The Kier molecular flexibility index (Phi) is 12.3. The molecule has 0 radical (unpaired) electrons. The van der Waals surface area contributed by atoms with E-state index >= 15 is 0 Å². The van der Waals surface area contributed by atoms with E-state index in [-0.39, 0.29) is 6.54 Å². The highest BCUT2D eigenvalue weighted by Crippen LogP contribution is 2.30. The van der Waals surface area contributed by atoms with Crippen molar-refractivity contribution in [2.24, 2.45) is 0 Å². The molecule has 0 saturated carbocycles. The van der Waals surface area contributed by atoms with Crippen molar-refractivity contribution in [2.75, 3.05) is 25.7 Å². The van der Waals surface area contributed by atoms with Gasteiger partial charge in [0, 0.05) is 6.04 Å². The van der Waals surface area contributed by atoms with E-state index in [0.717, 1.165) is 11.1 Å². The predicted octanol–water partition coefficient (Wildman–Crippen LogP) is 3.52. The molecule has 2 atom stereocenters. The van der Waals surface area contributed by atoms with E-state index in [1.807, 2.05) is 52.1 Å². The van der Waals surface area contributed by atoms with Crippen molar-refractivity contribution < 1.29 is 28.7 Å². The lowest BCUT2D eigenvalue weighted by Gasteiger charge is -2.38. The lowest BCUT2D eigenvalue weighted by atomic mass is 9.92. The summed E-state index contributed by atoms with van der Waals surface area (Å²) >= 11 is 1.54. The molecular formula is C26H41N3O6S. The van der Waals surface area contributed by atoms with Gasteiger partial charge in [0.1, 0.15) is 24.2 Å². The largest absolute Gasteiger partial charge is 0.468 e. The van der Waals surface area contributed by atoms with Crippen LogP contribution in [-0.4, -0.2) is 72.1 Å². The van der Waals surface area contributed by atoms with E-state index in [1.54, 1.807) is 32.5 Å². The minimum absolute atomic E-state index is 0.330. The molecule has 0 aliphatic rings. The van der Waals surface area contributed by atoms with E-state index in [9.17, 15) is 19.2 Å². The molecule has 2 unspecified atom stereocenters. The van der Waals surface area contributed by atoms with Crippen LogP contribution in [0.5, 0.6) is 0 Å². The van der Waals surface area contributed by atoms with E-state index < -0.39 is 47.6 Å². The SMILES string of the molecule is COC(=O)CNC(=O)C(c1c(C)cccc1C)N(C(=O)C(CCSC)NC(=O)OC(C)(C)C)C(C)C. The van der Waals surface area contributed by atoms with Gasteiger partial charge in [-0.1, -0.05) is 18.2 Å². The van der Waals surface area contributed by atoms with Crippen LogP contribution in [0.2, 0.25) is 0 Å². The van der Waals surface area contributed by atoms with Crippen molar-refractivity contribution in [1.29, 1.82) is 0 Å². The van der Waals surface area contributed by atoms with Crippen molar-refractivity contribution in [3.8, 4) is 0 Å². The number of aryl methyl sites for hydroxylation is 2. The first-order valence-corrected chi connectivity index (χ1v) is 13.3. The molecule has 0 aromatic heterocycles. The van der Waals surface area contributed by atoms with Gasteiger partial charge in [0.15, 0.2) is 0 Å². The van der Waals surface area contributed by atoms with Crippen molar-refractivity contribution in [1.82, 2.24) is 15.5 Å². The first-order chi connectivity index (χ1) is 16.7. The van der Waals surface area contributed by atoms with Crippen LogP contribution in [0.3, 0.4) is 0 Å². The molecular weight excluding hydrogens is 482 g/mol. The van der Waals surface area contributed by atoms with Crippen molar-refractivity contribution in [3.05, 3.63) is 34.9 Å². The van der Waals surface area contributed by atoms with Gasteiger partial charge in [0.05, 0.1) is 7.11 Å². The number of hydrogen-bond donors (Lipinski definition) is 2. The predicted molar refractivity (Wildman–Crippen MR) is 142 cm³/mol. The van der Waals surface area contributed by atoms with Gasteiger partial charge in [-0.3, -0.25) is 14.4 Å². The van der Waals surface area contributed by atoms with E-state index in [2.05, 4.69) is 15.4 Å². The summed E-state index contributed by atoms with van der Waals surface area (Å²) in [6, 6.07) is 3.29. The van der Waals surface area contributed by atoms with Gasteiger partial charge in [-0.2, -0.15) is 11.8 Å². The summed E-state index contributed by atoms with van der Waals surface area (Å²) in [4.78, 5) is 53.3. The van der Waals surface area contributed by atoms with Crippen LogP contribution < -0.4 is 10.6 Å². The summed E-state index contributed by atoms with van der Waals surface area (Å²) in [5.41, 5.74) is 1.59. The molecule has 3 amide bonds. The quantitative estimate of drug-likeness (QED) is 0.427. The van der Waals surface area contributed by atoms with Crippen LogP contribution in [0.4, 0.5) is 4.79 Å². The second-order valence-corrected chi connectivity index (χ2v) is 10.8. The Hall–Kier alpha value is -2.75. The number of ether oxygens (including phenoxy) is 2. The molecule has 0 bridgehead atoms. The van der Waals surface area contributed by atoms with E-state index in [0.29, 0.717) is 17.7 Å². The highest BCUT2D eigenvalue weighted by Gasteiger charge is 2.39. The van der Waals surface area contributed by atoms with Gasteiger partial charge in [-0.05, 0) is 83.6 Å². The number of methoxy groups -OCH3 is 1. The minimum atomic E-state index is -1.03. The number of thioether (sulfide) groups is 1. The Balaban J connectivity index is 3.52. The molecule has 36 heavy (non-hydrogen) atoms. The normalized spacial score (nSPS) is 12.9. The number of amides is 3. The van der Waals surface area contributed by atoms with E-state index in [1.165, 1.54) is 12.0 Å². The van der Waals surface area contributed by atoms with Crippen LogP contribution in [0.1, 0.15) is 63.8 Å². The first-order valence-electron chi connectivity index (χ1n) is 11.9. The van der Waals surface area contributed by atoms with Crippen molar-refractivity contribution in [2.45, 2.75) is 78.6 Å². The smallest absolute Gasteiger partial charge is 0.408 e. The second-order valence-electron chi connectivity index (χ2n) is 9.82. The molecule has 10 heteroatoms. The number of benzene rings is 1. The standard InChI is InChI=1S/C26H41N3O6S/c1-16(2)29(24(32)19(13-14-36-9)28-25(33)35-26(5,6)7)22(23(31)27-15-20(30)34-8)21-17(3)11-10-12-18(21)4/h10-12,16,19,22H,13-15H2,1-9H3,(H,27,31)(H,28,33). The van der Waals surface area contributed by atoms with Crippen molar-refractivity contribution >= 4 is 35.6 Å². The third kappa shape index (κ3) is 9.37. The molecule has 202 valence electrons. The molecule has 1 aromatic rings. The maximum absolute atomic E-state index is 14.0. The molecule has 1 aromatic carbocycles. The Bertz CT molecular complexity index is 908. The first kappa shape index (κ1) is 31.3. The van der Waals surface area contributed by atoms with Crippen molar-refractivity contribution in [3.63, 3.8) is 0 Å². The fraction of sp³-hybridized carbons (Fsp3) is 0.615. The molecule has 0 aliphatic heterocycles. The third-order valence-electron chi connectivity index (χ3n) is 5.39. The van der Waals surface area contributed by atoms with Gasteiger partial charge < -0.3 is 25.0 Å². The third-order valence-corrected chi connectivity index (χ3v) is 6.03. The zero-order valence-electron chi connectivity index (χ0n) is 22.9. The average Bonchev–Trinajstić information content (AvgIpc) is 2.77. The zero-order valence-corrected chi connectivity index (χ0v) is 23.7. The average molecular weight is 524 g/mol. The van der Waals surface area contributed by atoms with Gasteiger partial charge in [-0.15, -0.1) is 0 Å². The van der Waals surface area contributed by atoms with Gasteiger partial charge in [0.25, 0.3) is 0 Å². The summed E-state index contributed by atoms with van der Waals surface area (Å²) in [5, 5.41) is 5.31. The lowest BCUT2D eigenvalue weighted by Crippen LogP contribution is -2.55. The van der Waals surface area contributed by atoms with E-state index in [4.69, 9.17) is 4.74 Å². The Labute approximate surface area is 219 Å². The Morgan fingerprint density at radius 3 is 2.14 bits per heavy atom. The second kappa shape index (κ2) is 14.1. The number of alkyl carbamates (subject to hydrolysis) is 1. The topological polar surface area (TPSA) is 114 Å². The molecule has 9 nitrogen and oxygen atoms in total. The highest BCUT2D eigenvalue weighted by atomic mass is 32.2. The zero-order chi connectivity index (χ0) is 27.6. The van der Waals surface area contributed by atoms with Crippen LogP contribution >= 0.6 is 11.8 Å². The fourth-order valence-corrected chi connectivity index (χ4v) is 4.26.